The zero-order valence-electron chi connectivity index (χ0n) is 6.17. The lowest BCUT2D eigenvalue weighted by atomic mass is 10.7. The van der Waals surface area contributed by atoms with Crippen LogP contribution in [-0.4, -0.2) is 24.4 Å². The van der Waals surface area contributed by atoms with Gasteiger partial charge in [0.1, 0.15) is 6.33 Å². The average molecular weight is 190 g/mol. The number of hydrogen-bond donors (Lipinski definition) is 0. The SMILES string of the molecule is CS(=O)(=O)On1ccc(=O)nc1. The van der Waals surface area contributed by atoms with E-state index in [4.69, 9.17) is 0 Å². The third kappa shape index (κ3) is 2.70. The largest absolute Gasteiger partial charge is 0.324 e. The van der Waals surface area contributed by atoms with Crippen LogP contribution in [0.2, 0.25) is 0 Å². The van der Waals surface area contributed by atoms with Gasteiger partial charge in [0.25, 0.3) is 5.56 Å². The molecule has 1 aromatic rings. The first-order valence-electron chi connectivity index (χ1n) is 2.92. The van der Waals surface area contributed by atoms with Crippen LogP contribution in [0.25, 0.3) is 0 Å². The molecule has 0 atom stereocenters. The predicted molar refractivity (Wildman–Crippen MR) is 39.9 cm³/mol. The minimum Gasteiger partial charge on any atom is -0.287 e. The number of hydrogen-bond acceptors (Lipinski definition) is 5. The van der Waals surface area contributed by atoms with E-state index in [9.17, 15) is 13.2 Å². The van der Waals surface area contributed by atoms with Crippen LogP contribution >= 0.6 is 0 Å². The highest BCUT2D eigenvalue weighted by Gasteiger charge is 2.01. The van der Waals surface area contributed by atoms with Crippen LogP contribution in [0.4, 0.5) is 0 Å². The van der Waals surface area contributed by atoms with Crippen LogP contribution < -0.4 is 9.84 Å². The Labute approximate surface area is 68.5 Å². The van der Waals surface area contributed by atoms with Crippen LogP contribution in [0.5, 0.6) is 0 Å². The maximum atomic E-state index is 10.5. The zero-order valence-corrected chi connectivity index (χ0v) is 6.98. The monoisotopic (exact) mass is 190 g/mol. The molecular weight excluding hydrogens is 184 g/mol. The van der Waals surface area contributed by atoms with E-state index in [-0.39, 0.29) is 0 Å². The van der Waals surface area contributed by atoms with Crippen molar-refractivity contribution in [2.75, 3.05) is 6.26 Å². The van der Waals surface area contributed by atoms with Crippen molar-refractivity contribution in [1.29, 1.82) is 0 Å². The highest BCUT2D eigenvalue weighted by molar-refractivity contribution is 7.86. The lowest BCUT2D eigenvalue weighted by Crippen LogP contribution is -2.20. The summed E-state index contributed by atoms with van der Waals surface area (Å²) in [5.74, 6) is 0. The summed E-state index contributed by atoms with van der Waals surface area (Å²) in [6.07, 6.45) is 3.03. The van der Waals surface area contributed by atoms with Gasteiger partial charge in [0.05, 0.1) is 12.5 Å². The summed E-state index contributed by atoms with van der Waals surface area (Å²) in [5.41, 5.74) is -0.455. The van der Waals surface area contributed by atoms with Crippen molar-refractivity contribution < 1.29 is 12.7 Å². The molecule has 0 radical (unpaired) electrons. The molecule has 0 amide bonds. The summed E-state index contributed by atoms with van der Waals surface area (Å²) in [6, 6.07) is 1.09. The zero-order chi connectivity index (χ0) is 9.19. The minimum absolute atomic E-state index is 0.455. The van der Waals surface area contributed by atoms with Crippen molar-refractivity contribution in [1.82, 2.24) is 9.71 Å². The summed E-state index contributed by atoms with van der Waals surface area (Å²) >= 11 is 0. The number of nitrogens with zero attached hydrogens (tertiary/aromatic N) is 2. The lowest BCUT2D eigenvalue weighted by Gasteiger charge is -2.02. The maximum Gasteiger partial charge on any atom is 0.324 e. The molecule has 0 aliphatic heterocycles. The van der Waals surface area contributed by atoms with E-state index in [0.717, 1.165) is 29.6 Å². The second-order valence-corrected chi connectivity index (χ2v) is 3.59. The Morgan fingerprint density at radius 1 is 1.58 bits per heavy atom. The first-order chi connectivity index (χ1) is 5.47. The molecule has 0 saturated carbocycles. The second-order valence-electron chi connectivity index (χ2n) is 2.04. The second kappa shape index (κ2) is 2.94. The van der Waals surface area contributed by atoms with Gasteiger partial charge in [-0.15, -0.1) is 0 Å². The molecule has 1 aromatic heterocycles. The molecular formula is C5H6N2O4S. The molecule has 0 unspecified atom stereocenters. The molecule has 6 nitrogen and oxygen atoms in total. The van der Waals surface area contributed by atoms with Crippen LogP contribution in [-0.2, 0) is 10.1 Å². The average Bonchev–Trinajstić information content (AvgIpc) is 1.91. The quantitative estimate of drug-likeness (QED) is 0.575. The van der Waals surface area contributed by atoms with Gasteiger partial charge in [-0.2, -0.15) is 18.1 Å². The van der Waals surface area contributed by atoms with E-state index < -0.39 is 15.7 Å². The van der Waals surface area contributed by atoms with Gasteiger partial charge in [0.2, 0.25) is 0 Å². The molecule has 0 spiro atoms. The summed E-state index contributed by atoms with van der Waals surface area (Å²) in [5, 5.41) is 0. The van der Waals surface area contributed by atoms with Gasteiger partial charge in [0.15, 0.2) is 0 Å². The highest BCUT2D eigenvalue weighted by atomic mass is 32.2. The Bertz CT molecular complexity index is 401. The molecule has 0 saturated heterocycles. The number of aromatic nitrogens is 2. The van der Waals surface area contributed by atoms with E-state index in [1.807, 2.05) is 0 Å². The van der Waals surface area contributed by atoms with Crippen LogP contribution in [0.15, 0.2) is 23.4 Å². The molecule has 1 heterocycles. The van der Waals surface area contributed by atoms with Gasteiger partial charge in [-0.25, -0.2) is 0 Å². The summed E-state index contributed by atoms with van der Waals surface area (Å²) < 4.78 is 26.2. The van der Waals surface area contributed by atoms with E-state index >= 15 is 0 Å². The summed E-state index contributed by atoms with van der Waals surface area (Å²) in [4.78, 5) is 13.7. The smallest absolute Gasteiger partial charge is 0.287 e. The van der Waals surface area contributed by atoms with E-state index in [1.54, 1.807) is 0 Å². The van der Waals surface area contributed by atoms with Gasteiger partial charge < -0.3 is 0 Å². The van der Waals surface area contributed by atoms with Gasteiger partial charge in [0, 0.05) is 6.07 Å². The molecule has 12 heavy (non-hydrogen) atoms. The minimum atomic E-state index is -3.57. The van der Waals surface area contributed by atoms with Crippen molar-refractivity contribution in [3.63, 3.8) is 0 Å². The molecule has 0 N–H and O–H groups in total. The highest BCUT2D eigenvalue weighted by Crippen LogP contribution is 1.82. The summed E-state index contributed by atoms with van der Waals surface area (Å²) in [7, 11) is -3.57. The Morgan fingerprint density at radius 3 is 2.67 bits per heavy atom. The van der Waals surface area contributed by atoms with Gasteiger partial charge in [-0.05, 0) is 0 Å². The maximum absolute atomic E-state index is 10.5. The van der Waals surface area contributed by atoms with Crippen molar-refractivity contribution in [3.05, 3.63) is 28.9 Å². The number of rotatable bonds is 2. The molecule has 66 valence electrons. The topological polar surface area (TPSA) is 78.3 Å². The first-order valence-corrected chi connectivity index (χ1v) is 4.73. The van der Waals surface area contributed by atoms with Crippen molar-refractivity contribution in [2.24, 2.45) is 0 Å². The fourth-order valence-corrected chi connectivity index (χ4v) is 0.934. The van der Waals surface area contributed by atoms with E-state index in [2.05, 4.69) is 9.27 Å². The van der Waals surface area contributed by atoms with Gasteiger partial charge >= 0.3 is 10.1 Å². The normalized spacial score (nSPS) is 11.1. The molecule has 0 fully saturated rings. The summed E-state index contributed by atoms with van der Waals surface area (Å²) in [6.45, 7) is 0. The molecule has 0 bridgehead atoms. The van der Waals surface area contributed by atoms with E-state index in [1.165, 1.54) is 0 Å². The molecule has 0 aliphatic rings. The standard InChI is InChI=1S/C5H6N2O4S/c1-12(9,10)11-7-3-2-5(8)6-4-7/h2-4H,1H3. The molecule has 1 rings (SSSR count). The fraction of sp³-hybridized carbons (Fsp3) is 0.200. The first kappa shape index (κ1) is 8.72. The van der Waals surface area contributed by atoms with Crippen molar-refractivity contribution in [2.45, 2.75) is 0 Å². The lowest BCUT2D eigenvalue weighted by molar-refractivity contribution is 0.275. The molecule has 0 aromatic carbocycles. The van der Waals surface area contributed by atoms with Crippen molar-refractivity contribution in [3.8, 4) is 0 Å². The van der Waals surface area contributed by atoms with E-state index in [0.29, 0.717) is 0 Å². The predicted octanol–water partition coefficient (Wildman–Crippen LogP) is -1.37. The van der Waals surface area contributed by atoms with Gasteiger partial charge in [-0.1, -0.05) is 0 Å². The third-order valence-corrected chi connectivity index (χ3v) is 1.33. The Morgan fingerprint density at radius 2 is 2.25 bits per heavy atom. The van der Waals surface area contributed by atoms with Crippen molar-refractivity contribution >= 4 is 10.1 Å². The Kier molecular flexibility index (Phi) is 2.13. The van der Waals surface area contributed by atoms with Crippen LogP contribution in [0.3, 0.4) is 0 Å². The molecule has 7 heteroatoms. The molecule has 0 aliphatic carbocycles. The third-order valence-electron chi connectivity index (χ3n) is 0.884. The fourth-order valence-electron chi connectivity index (χ4n) is 0.533. The van der Waals surface area contributed by atoms with Crippen LogP contribution in [0.1, 0.15) is 0 Å². The Balaban J connectivity index is 2.93. The Hall–Kier alpha value is -1.37. The van der Waals surface area contributed by atoms with Crippen LogP contribution in [0, 0.1) is 0 Å². The van der Waals surface area contributed by atoms with Gasteiger partial charge in [-0.3, -0.25) is 9.08 Å².